The van der Waals surface area contributed by atoms with Crippen molar-refractivity contribution in [3.63, 3.8) is 0 Å². The SMILES string of the molecule is COc1ccc(C(=O)CN2CCCCC2)c(OC)c1. The third-order valence-corrected chi connectivity index (χ3v) is 3.52. The summed E-state index contributed by atoms with van der Waals surface area (Å²) >= 11 is 0. The first kappa shape index (κ1) is 13.9. The zero-order valence-electron chi connectivity index (χ0n) is 11.6. The fraction of sp³-hybridized carbons (Fsp3) is 0.533. The molecule has 0 N–H and O–H groups in total. The van der Waals surface area contributed by atoms with Crippen molar-refractivity contribution in [2.24, 2.45) is 0 Å². The van der Waals surface area contributed by atoms with E-state index < -0.39 is 0 Å². The normalized spacial score (nSPS) is 16.1. The van der Waals surface area contributed by atoms with Crippen molar-refractivity contribution in [3.05, 3.63) is 23.8 Å². The van der Waals surface area contributed by atoms with Gasteiger partial charge in [0.05, 0.1) is 26.3 Å². The van der Waals surface area contributed by atoms with Crippen molar-refractivity contribution in [3.8, 4) is 11.5 Å². The topological polar surface area (TPSA) is 38.8 Å². The van der Waals surface area contributed by atoms with Gasteiger partial charge >= 0.3 is 0 Å². The molecule has 4 nitrogen and oxygen atoms in total. The molecule has 1 aromatic rings. The monoisotopic (exact) mass is 263 g/mol. The highest BCUT2D eigenvalue weighted by Gasteiger charge is 2.18. The number of carbonyl (C=O) groups excluding carboxylic acids is 1. The van der Waals surface area contributed by atoms with Crippen molar-refractivity contribution in [2.75, 3.05) is 33.9 Å². The molecule has 0 radical (unpaired) electrons. The zero-order valence-corrected chi connectivity index (χ0v) is 11.6. The molecule has 0 atom stereocenters. The molecule has 4 heteroatoms. The molecule has 2 rings (SSSR count). The summed E-state index contributed by atoms with van der Waals surface area (Å²) in [5.74, 6) is 1.40. The first-order valence-corrected chi connectivity index (χ1v) is 6.72. The van der Waals surface area contributed by atoms with Gasteiger partial charge in [-0.05, 0) is 38.1 Å². The van der Waals surface area contributed by atoms with E-state index in [1.165, 1.54) is 19.3 Å². The number of carbonyl (C=O) groups is 1. The Labute approximate surface area is 114 Å². The summed E-state index contributed by atoms with van der Waals surface area (Å²) in [6.45, 7) is 2.51. The molecule has 1 fully saturated rings. The van der Waals surface area contributed by atoms with Gasteiger partial charge in [0.25, 0.3) is 0 Å². The van der Waals surface area contributed by atoms with E-state index in [1.807, 2.05) is 0 Å². The average Bonchev–Trinajstić information content (AvgIpc) is 2.47. The van der Waals surface area contributed by atoms with E-state index in [9.17, 15) is 4.79 Å². The molecule has 1 heterocycles. The van der Waals surface area contributed by atoms with Gasteiger partial charge in [0.1, 0.15) is 11.5 Å². The third-order valence-electron chi connectivity index (χ3n) is 3.52. The van der Waals surface area contributed by atoms with E-state index >= 15 is 0 Å². The molecule has 0 aromatic heterocycles. The number of nitrogens with zero attached hydrogens (tertiary/aromatic N) is 1. The van der Waals surface area contributed by atoms with Gasteiger partial charge in [-0.25, -0.2) is 0 Å². The molecule has 0 spiro atoms. The van der Waals surface area contributed by atoms with Crippen molar-refractivity contribution >= 4 is 5.78 Å². The van der Waals surface area contributed by atoms with Gasteiger partial charge in [-0.15, -0.1) is 0 Å². The van der Waals surface area contributed by atoms with Gasteiger partial charge in [0, 0.05) is 6.07 Å². The average molecular weight is 263 g/mol. The molecule has 0 aliphatic carbocycles. The van der Waals surface area contributed by atoms with Crippen molar-refractivity contribution < 1.29 is 14.3 Å². The highest BCUT2D eigenvalue weighted by molar-refractivity contribution is 6.00. The number of ether oxygens (including phenoxy) is 2. The summed E-state index contributed by atoms with van der Waals surface area (Å²) in [5, 5.41) is 0. The summed E-state index contributed by atoms with van der Waals surface area (Å²) in [4.78, 5) is 14.5. The van der Waals surface area contributed by atoms with Crippen LogP contribution < -0.4 is 9.47 Å². The molecule has 0 amide bonds. The first-order valence-electron chi connectivity index (χ1n) is 6.72. The Kier molecular flexibility index (Phi) is 4.80. The summed E-state index contributed by atoms with van der Waals surface area (Å²) in [6.07, 6.45) is 3.65. The van der Waals surface area contributed by atoms with E-state index in [1.54, 1.807) is 32.4 Å². The maximum absolute atomic E-state index is 12.3. The van der Waals surface area contributed by atoms with Crippen LogP contribution in [0.4, 0.5) is 0 Å². The summed E-state index contributed by atoms with van der Waals surface area (Å²) < 4.78 is 10.4. The lowest BCUT2D eigenvalue weighted by Gasteiger charge is -2.25. The minimum absolute atomic E-state index is 0.112. The number of Topliss-reactive ketones (excluding diaryl/α,β-unsaturated/α-hetero) is 1. The number of hydrogen-bond donors (Lipinski definition) is 0. The highest BCUT2D eigenvalue weighted by atomic mass is 16.5. The molecule has 0 unspecified atom stereocenters. The van der Waals surface area contributed by atoms with E-state index in [0.717, 1.165) is 13.1 Å². The smallest absolute Gasteiger partial charge is 0.180 e. The Morgan fingerprint density at radius 2 is 1.89 bits per heavy atom. The molecular weight excluding hydrogens is 242 g/mol. The minimum atomic E-state index is 0.112. The molecule has 1 aromatic carbocycles. The summed E-state index contributed by atoms with van der Waals surface area (Å²) in [7, 11) is 3.18. The van der Waals surface area contributed by atoms with Crippen LogP contribution in [0.3, 0.4) is 0 Å². The van der Waals surface area contributed by atoms with Crippen LogP contribution in [0.2, 0.25) is 0 Å². The lowest BCUT2D eigenvalue weighted by molar-refractivity contribution is 0.0912. The lowest BCUT2D eigenvalue weighted by Crippen LogP contribution is -2.34. The number of benzene rings is 1. The van der Waals surface area contributed by atoms with Crippen LogP contribution in [-0.2, 0) is 0 Å². The number of hydrogen-bond acceptors (Lipinski definition) is 4. The van der Waals surface area contributed by atoms with Crippen molar-refractivity contribution in [2.45, 2.75) is 19.3 Å². The van der Waals surface area contributed by atoms with Crippen molar-refractivity contribution in [1.82, 2.24) is 4.90 Å². The third kappa shape index (κ3) is 3.47. The molecule has 19 heavy (non-hydrogen) atoms. The molecule has 1 aliphatic rings. The number of piperidine rings is 1. The van der Waals surface area contributed by atoms with Gasteiger partial charge in [-0.3, -0.25) is 9.69 Å². The van der Waals surface area contributed by atoms with Gasteiger partial charge in [-0.1, -0.05) is 6.42 Å². The van der Waals surface area contributed by atoms with E-state index in [0.29, 0.717) is 23.6 Å². The molecule has 104 valence electrons. The number of ketones is 1. The van der Waals surface area contributed by atoms with Gasteiger partial charge < -0.3 is 9.47 Å². The van der Waals surface area contributed by atoms with E-state index in [2.05, 4.69) is 4.90 Å². The molecule has 0 saturated carbocycles. The van der Waals surface area contributed by atoms with Crippen LogP contribution in [0.1, 0.15) is 29.6 Å². The number of rotatable bonds is 5. The number of methoxy groups -OCH3 is 2. The minimum Gasteiger partial charge on any atom is -0.497 e. The fourth-order valence-corrected chi connectivity index (χ4v) is 2.43. The quantitative estimate of drug-likeness (QED) is 0.765. The predicted octanol–water partition coefficient (Wildman–Crippen LogP) is 2.37. The molecule has 0 bridgehead atoms. The second-order valence-electron chi connectivity index (χ2n) is 4.83. The maximum atomic E-state index is 12.3. The number of likely N-dealkylation sites (tertiary alicyclic amines) is 1. The molecule has 1 saturated heterocycles. The molecular formula is C15H21NO3. The van der Waals surface area contributed by atoms with Gasteiger partial charge in [0.2, 0.25) is 0 Å². The summed E-state index contributed by atoms with van der Waals surface area (Å²) in [6, 6.07) is 5.33. The van der Waals surface area contributed by atoms with Crippen LogP contribution >= 0.6 is 0 Å². The van der Waals surface area contributed by atoms with Crippen LogP contribution in [0.15, 0.2) is 18.2 Å². The highest BCUT2D eigenvalue weighted by Crippen LogP contribution is 2.25. The second kappa shape index (κ2) is 6.57. The predicted molar refractivity (Wildman–Crippen MR) is 74.2 cm³/mol. The Balaban J connectivity index is 2.09. The van der Waals surface area contributed by atoms with E-state index in [-0.39, 0.29) is 5.78 Å². The first-order chi connectivity index (χ1) is 9.24. The standard InChI is InChI=1S/C15H21NO3/c1-18-12-6-7-13(15(10-12)19-2)14(17)11-16-8-4-3-5-9-16/h6-7,10H,3-5,8-9,11H2,1-2H3. The van der Waals surface area contributed by atoms with Crippen molar-refractivity contribution in [1.29, 1.82) is 0 Å². The zero-order chi connectivity index (χ0) is 13.7. The van der Waals surface area contributed by atoms with Crippen LogP contribution in [0, 0.1) is 0 Å². The van der Waals surface area contributed by atoms with E-state index in [4.69, 9.17) is 9.47 Å². The second-order valence-corrected chi connectivity index (χ2v) is 4.83. The maximum Gasteiger partial charge on any atom is 0.180 e. The van der Waals surface area contributed by atoms with Gasteiger partial charge in [-0.2, -0.15) is 0 Å². The van der Waals surface area contributed by atoms with Crippen LogP contribution in [0.5, 0.6) is 11.5 Å². The Morgan fingerprint density at radius 3 is 2.53 bits per heavy atom. The lowest BCUT2D eigenvalue weighted by atomic mass is 10.1. The Bertz CT molecular complexity index is 439. The van der Waals surface area contributed by atoms with Crippen LogP contribution in [0.25, 0.3) is 0 Å². The summed E-state index contributed by atoms with van der Waals surface area (Å²) in [5.41, 5.74) is 0.633. The molecule has 1 aliphatic heterocycles. The Morgan fingerprint density at radius 1 is 1.16 bits per heavy atom. The largest absolute Gasteiger partial charge is 0.497 e. The van der Waals surface area contributed by atoms with Crippen LogP contribution in [-0.4, -0.2) is 44.5 Å². The van der Waals surface area contributed by atoms with Gasteiger partial charge in [0.15, 0.2) is 5.78 Å². The fourth-order valence-electron chi connectivity index (χ4n) is 2.43. The Hall–Kier alpha value is -1.55.